The van der Waals surface area contributed by atoms with Gasteiger partial charge in [-0.1, -0.05) is 11.6 Å². The molecule has 4 heterocycles. The lowest BCUT2D eigenvalue weighted by Gasteiger charge is -2.55. The lowest BCUT2D eigenvalue weighted by atomic mass is 9.78. The first-order valence-corrected chi connectivity index (χ1v) is 12.4. The van der Waals surface area contributed by atoms with Crippen molar-refractivity contribution in [3.63, 3.8) is 0 Å². The molecule has 2 aliphatic heterocycles. The number of carbonyl (C=O) groups is 1. The van der Waals surface area contributed by atoms with Crippen molar-refractivity contribution in [3.8, 4) is 5.69 Å². The molecule has 1 N–H and O–H groups in total. The normalized spacial score (nSPS) is 19.1. The Hall–Kier alpha value is -3.32. The van der Waals surface area contributed by atoms with Crippen LogP contribution < -0.4 is 15.6 Å². The van der Waals surface area contributed by atoms with E-state index in [2.05, 4.69) is 4.98 Å². The van der Waals surface area contributed by atoms with Crippen molar-refractivity contribution >= 4 is 34.4 Å². The molecule has 1 aliphatic carbocycles. The number of alkyl halides is 3. The highest BCUT2D eigenvalue weighted by atomic mass is 35.5. The first kappa shape index (κ1) is 25.9. The number of aromatic nitrogens is 2. The smallest absolute Gasteiger partial charge is 0.380 e. The lowest BCUT2D eigenvalue weighted by molar-refractivity contribution is -0.158. The fourth-order valence-corrected chi connectivity index (χ4v) is 5.42. The number of fused-ring (bicyclic) bond motifs is 1. The summed E-state index contributed by atoms with van der Waals surface area (Å²) in [6.45, 7) is 1.83. The van der Waals surface area contributed by atoms with Crippen molar-refractivity contribution in [3.05, 3.63) is 62.7 Å². The molecule has 14 heteroatoms. The molecule has 206 valence electrons. The zero-order valence-electron chi connectivity index (χ0n) is 19.9. The van der Waals surface area contributed by atoms with Crippen molar-refractivity contribution in [2.75, 3.05) is 31.2 Å². The fraction of sp³-hybridized carbons (Fsp3) is 0.400. The second-order valence-corrected chi connectivity index (χ2v) is 10.7. The third kappa shape index (κ3) is 4.41. The summed E-state index contributed by atoms with van der Waals surface area (Å²) in [6, 6.07) is -0.132. The molecule has 1 atom stereocenters. The van der Waals surface area contributed by atoms with Crippen LogP contribution in [-0.2, 0) is 4.74 Å². The van der Waals surface area contributed by atoms with E-state index in [9.17, 15) is 27.2 Å². The lowest BCUT2D eigenvalue weighted by Crippen LogP contribution is -2.66. The summed E-state index contributed by atoms with van der Waals surface area (Å²) in [5.74, 6) is -5.53. The van der Waals surface area contributed by atoms with Crippen LogP contribution in [0.3, 0.4) is 0 Å². The molecule has 0 unspecified atom stereocenters. The van der Waals surface area contributed by atoms with Gasteiger partial charge in [0, 0.05) is 25.4 Å². The average molecular weight is 573 g/mol. The van der Waals surface area contributed by atoms with E-state index in [1.165, 1.54) is 0 Å². The van der Waals surface area contributed by atoms with Crippen molar-refractivity contribution in [1.82, 2.24) is 14.9 Å². The maximum absolute atomic E-state index is 15.2. The number of ether oxygens (including phenoxy) is 1. The summed E-state index contributed by atoms with van der Waals surface area (Å²) >= 11 is 6.12. The number of nitrogens with one attached hydrogen (secondary N) is 1. The van der Waals surface area contributed by atoms with Crippen LogP contribution in [0.15, 0.2) is 29.2 Å². The summed E-state index contributed by atoms with van der Waals surface area (Å²) in [7, 11) is 0. The van der Waals surface area contributed by atoms with Crippen molar-refractivity contribution < 1.29 is 35.9 Å². The van der Waals surface area contributed by atoms with Crippen molar-refractivity contribution in [2.24, 2.45) is 11.3 Å². The van der Waals surface area contributed by atoms with E-state index >= 15 is 8.78 Å². The highest BCUT2D eigenvalue weighted by Gasteiger charge is 2.51. The molecule has 39 heavy (non-hydrogen) atoms. The number of carbonyl (C=O) groups excluding carboxylic acids is 1. The molecule has 7 nitrogen and oxygen atoms in total. The standard InChI is InChI=1S/C25H19ClF6N4O3/c26-15-3-12(27)4-16(28)18(15)36-6-14(23(38)33-20(11-1-2-11)25(30,31)32)19(37)13-5-17(29)22(34-21(13)36)35-7-24(8-35)9-39-10-24/h3-6,11,20H,1-2,7-10H2,(H,33,38)/t20-/m0/s1. The largest absolute Gasteiger partial charge is 0.408 e. The molecule has 2 aromatic heterocycles. The topological polar surface area (TPSA) is 76.5 Å². The Morgan fingerprint density at radius 3 is 2.38 bits per heavy atom. The van der Waals surface area contributed by atoms with Crippen LogP contribution >= 0.6 is 11.6 Å². The maximum Gasteiger partial charge on any atom is 0.408 e. The van der Waals surface area contributed by atoms with Gasteiger partial charge in [-0.25, -0.2) is 18.2 Å². The molecular weight excluding hydrogens is 554 g/mol. The molecule has 2 saturated heterocycles. The Bertz CT molecular complexity index is 1550. The van der Waals surface area contributed by atoms with Gasteiger partial charge in [-0.3, -0.25) is 14.2 Å². The Labute approximate surface area is 221 Å². The molecule has 6 rings (SSSR count). The van der Waals surface area contributed by atoms with Gasteiger partial charge in [-0.15, -0.1) is 0 Å². The predicted molar refractivity (Wildman–Crippen MR) is 128 cm³/mol. The van der Waals surface area contributed by atoms with Crippen LogP contribution in [0.5, 0.6) is 0 Å². The number of benzene rings is 1. The minimum atomic E-state index is -4.78. The second-order valence-electron chi connectivity index (χ2n) is 10.3. The molecule has 1 aromatic carbocycles. The third-order valence-electron chi connectivity index (χ3n) is 7.28. The number of rotatable bonds is 5. The quantitative estimate of drug-likeness (QED) is 0.460. The number of anilines is 1. The molecule has 1 spiro atoms. The number of halogens is 7. The number of hydrogen-bond acceptors (Lipinski definition) is 5. The minimum Gasteiger partial charge on any atom is -0.380 e. The first-order valence-electron chi connectivity index (χ1n) is 12.0. The van der Waals surface area contributed by atoms with Crippen LogP contribution in [0.4, 0.5) is 32.2 Å². The first-order chi connectivity index (χ1) is 18.4. The summed E-state index contributed by atoms with van der Waals surface area (Å²) in [4.78, 5) is 32.1. The van der Waals surface area contributed by atoms with E-state index in [4.69, 9.17) is 16.3 Å². The van der Waals surface area contributed by atoms with Crippen molar-refractivity contribution in [2.45, 2.75) is 25.1 Å². The van der Waals surface area contributed by atoms with Crippen LogP contribution in [0.1, 0.15) is 23.2 Å². The average Bonchev–Trinajstić information content (AvgIpc) is 3.61. The van der Waals surface area contributed by atoms with Gasteiger partial charge < -0.3 is 15.0 Å². The number of nitrogens with zero attached hydrogens (tertiary/aromatic N) is 3. The molecule has 0 radical (unpaired) electrons. The maximum atomic E-state index is 15.2. The second kappa shape index (κ2) is 8.85. The van der Waals surface area contributed by atoms with E-state index in [0.717, 1.165) is 22.9 Å². The minimum absolute atomic E-state index is 0.131. The zero-order valence-corrected chi connectivity index (χ0v) is 20.7. The van der Waals surface area contributed by atoms with Gasteiger partial charge in [0.05, 0.1) is 29.0 Å². The predicted octanol–water partition coefficient (Wildman–Crippen LogP) is 4.36. The Kier molecular flexibility index (Phi) is 5.88. The van der Waals surface area contributed by atoms with Gasteiger partial charge in [0.15, 0.2) is 23.1 Å². The van der Waals surface area contributed by atoms with E-state index < -0.39 is 68.6 Å². The van der Waals surface area contributed by atoms with Crippen LogP contribution in [0, 0.1) is 28.8 Å². The third-order valence-corrected chi connectivity index (χ3v) is 7.57. The fourth-order valence-electron chi connectivity index (χ4n) is 5.14. The molecule has 1 saturated carbocycles. The van der Waals surface area contributed by atoms with Gasteiger partial charge in [-0.2, -0.15) is 13.2 Å². The zero-order chi connectivity index (χ0) is 27.9. The Morgan fingerprint density at radius 1 is 1.13 bits per heavy atom. The Balaban J connectivity index is 1.51. The van der Waals surface area contributed by atoms with E-state index in [1.807, 2.05) is 5.32 Å². The summed E-state index contributed by atoms with van der Waals surface area (Å²) in [5.41, 5.74) is -2.90. The van der Waals surface area contributed by atoms with Crippen LogP contribution in [-0.4, -0.2) is 54.0 Å². The molecule has 3 aliphatic rings. The van der Waals surface area contributed by atoms with Gasteiger partial charge in [0.1, 0.15) is 23.1 Å². The summed E-state index contributed by atoms with van der Waals surface area (Å²) < 4.78 is 90.8. The van der Waals surface area contributed by atoms with Gasteiger partial charge in [-0.05, 0) is 30.9 Å². The van der Waals surface area contributed by atoms with Crippen molar-refractivity contribution in [1.29, 1.82) is 0 Å². The van der Waals surface area contributed by atoms with E-state index in [0.29, 0.717) is 32.4 Å². The van der Waals surface area contributed by atoms with Gasteiger partial charge >= 0.3 is 6.18 Å². The molecular formula is C25H19ClF6N4O3. The molecule has 1 amide bonds. The van der Waals surface area contributed by atoms with E-state index in [1.54, 1.807) is 4.90 Å². The number of amides is 1. The Morgan fingerprint density at radius 2 is 1.82 bits per heavy atom. The number of hydrogen-bond donors (Lipinski definition) is 1. The SMILES string of the molecule is O=C(N[C@@H](C1CC1)C(F)(F)F)c1cn(-c2c(F)cc(F)cc2Cl)c2nc(N3CC4(COC4)C3)c(F)cc2c1=O. The number of pyridine rings is 2. The summed E-state index contributed by atoms with van der Waals surface area (Å²) in [5, 5.41) is 0.870. The van der Waals surface area contributed by atoms with Gasteiger partial charge in [0.2, 0.25) is 5.43 Å². The van der Waals surface area contributed by atoms with E-state index in [-0.39, 0.29) is 29.7 Å². The highest BCUT2D eigenvalue weighted by Crippen LogP contribution is 2.42. The highest BCUT2D eigenvalue weighted by molar-refractivity contribution is 6.32. The van der Waals surface area contributed by atoms with Crippen LogP contribution in [0.2, 0.25) is 5.02 Å². The molecule has 0 bridgehead atoms. The van der Waals surface area contributed by atoms with Gasteiger partial charge in [0.25, 0.3) is 5.91 Å². The molecule has 3 fully saturated rings. The monoisotopic (exact) mass is 572 g/mol. The summed E-state index contributed by atoms with van der Waals surface area (Å²) in [6.07, 6.45) is -3.51. The molecule has 3 aromatic rings. The van der Waals surface area contributed by atoms with Crippen LogP contribution in [0.25, 0.3) is 16.7 Å².